The third kappa shape index (κ3) is 2.50. The first kappa shape index (κ1) is 13.0. The minimum atomic E-state index is 0.255. The fourth-order valence-electron chi connectivity index (χ4n) is 1.75. The predicted molar refractivity (Wildman–Crippen MR) is 82.6 cm³/mol. The molecule has 3 rings (SSSR count). The third-order valence-corrected chi connectivity index (χ3v) is 3.86. The molecule has 2 heterocycles. The molecule has 0 saturated heterocycles. The zero-order valence-electron chi connectivity index (χ0n) is 11.0. The number of hydrogen-bond acceptors (Lipinski definition) is 6. The van der Waals surface area contributed by atoms with Crippen LogP contribution in [0.25, 0.3) is 22.2 Å². The maximum absolute atomic E-state index is 5.25. The van der Waals surface area contributed by atoms with Crippen LogP contribution in [-0.4, -0.2) is 29.3 Å². The Morgan fingerprint density at radius 2 is 2.00 bits per heavy atom. The number of H-pyrrole nitrogens is 1. The van der Waals surface area contributed by atoms with Gasteiger partial charge in [-0.1, -0.05) is 0 Å². The number of thiazole rings is 1. The number of aromatic amines is 1. The Morgan fingerprint density at radius 3 is 2.60 bits per heavy atom. The van der Waals surface area contributed by atoms with Crippen molar-refractivity contribution in [3.05, 3.63) is 34.5 Å². The lowest BCUT2D eigenvalue weighted by Gasteiger charge is -2.11. The number of hydrogen-bond donors (Lipinski definition) is 1. The van der Waals surface area contributed by atoms with Gasteiger partial charge in [0.05, 0.1) is 0 Å². The summed E-state index contributed by atoms with van der Waals surface area (Å²) in [5.41, 5.74) is 2.92. The van der Waals surface area contributed by atoms with E-state index in [1.807, 2.05) is 19.5 Å². The molecule has 0 aliphatic heterocycles. The molecule has 3 aromatic rings. The first-order valence-electron chi connectivity index (χ1n) is 5.92. The maximum atomic E-state index is 5.25. The molecule has 0 fully saturated rings. The van der Waals surface area contributed by atoms with Crippen molar-refractivity contribution in [1.29, 1.82) is 0 Å². The molecule has 0 spiro atoms. The first-order valence-corrected chi connectivity index (χ1v) is 7.21. The smallest absolute Gasteiger partial charge is 0.284 e. The highest BCUT2D eigenvalue weighted by molar-refractivity contribution is 7.71. The van der Waals surface area contributed by atoms with Gasteiger partial charge in [0.2, 0.25) is 0 Å². The Bertz CT molecular complexity index is 770. The summed E-state index contributed by atoms with van der Waals surface area (Å²) in [4.78, 5) is 6.84. The topological polar surface area (TPSA) is 58.0 Å². The molecule has 0 aliphatic rings. The van der Waals surface area contributed by atoms with Crippen LogP contribution in [0.2, 0.25) is 0 Å². The van der Waals surface area contributed by atoms with Gasteiger partial charge in [0.15, 0.2) is 0 Å². The SMILES string of the molecule is CN(C)c1ccc(-c2nc(-c3n[nH]c(=S)o3)cs2)cc1. The molecule has 1 aromatic carbocycles. The van der Waals surface area contributed by atoms with E-state index in [1.165, 1.54) is 0 Å². The fourth-order valence-corrected chi connectivity index (χ4v) is 2.67. The number of nitrogens with zero attached hydrogens (tertiary/aromatic N) is 3. The molecule has 7 heteroatoms. The average Bonchev–Trinajstić information content (AvgIpc) is 3.07. The van der Waals surface area contributed by atoms with Gasteiger partial charge in [0.1, 0.15) is 10.7 Å². The summed E-state index contributed by atoms with van der Waals surface area (Å²) in [6.45, 7) is 0. The molecule has 2 aromatic heterocycles. The zero-order chi connectivity index (χ0) is 14.1. The number of nitrogens with one attached hydrogen (secondary N) is 1. The van der Waals surface area contributed by atoms with Crippen LogP contribution in [0, 0.1) is 4.84 Å². The summed E-state index contributed by atoms with van der Waals surface area (Å²) < 4.78 is 5.25. The highest BCUT2D eigenvalue weighted by Gasteiger charge is 2.10. The van der Waals surface area contributed by atoms with Gasteiger partial charge in [-0.15, -0.1) is 16.4 Å². The Labute approximate surface area is 124 Å². The summed E-state index contributed by atoms with van der Waals surface area (Å²) >= 11 is 6.41. The Kier molecular flexibility index (Phi) is 3.37. The molecule has 20 heavy (non-hydrogen) atoms. The molecule has 0 unspecified atom stereocenters. The predicted octanol–water partition coefficient (Wildman–Crippen LogP) is 3.59. The van der Waals surface area contributed by atoms with E-state index in [0.717, 1.165) is 16.3 Å². The van der Waals surface area contributed by atoms with Crippen molar-refractivity contribution in [1.82, 2.24) is 15.2 Å². The molecule has 102 valence electrons. The summed E-state index contributed by atoms with van der Waals surface area (Å²) in [5.74, 6) is 0.419. The van der Waals surface area contributed by atoms with Crippen LogP contribution < -0.4 is 4.90 Å². The average molecular weight is 304 g/mol. The molecule has 0 atom stereocenters. The minimum Gasteiger partial charge on any atom is -0.408 e. The fraction of sp³-hybridized carbons (Fsp3) is 0.154. The molecular weight excluding hydrogens is 292 g/mol. The van der Waals surface area contributed by atoms with E-state index in [-0.39, 0.29) is 4.84 Å². The van der Waals surface area contributed by atoms with Crippen LogP contribution in [0.1, 0.15) is 0 Å². The normalized spacial score (nSPS) is 10.7. The summed E-state index contributed by atoms with van der Waals surface area (Å²) in [7, 11) is 4.03. The van der Waals surface area contributed by atoms with Gasteiger partial charge >= 0.3 is 0 Å². The van der Waals surface area contributed by atoms with E-state index >= 15 is 0 Å². The van der Waals surface area contributed by atoms with Gasteiger partial charge in [-0.05, 0) is 36.5 Å². The van der Waals surface area contributed by atoms with Crippen molar-refractivity contribution in [2.24, 2.45) is 0 Å². The van der Waals surface area contributed by atoms with Gasteiger partial charge in [0.25, 0.3) is 10.7 Å². The quantitative estimate of drug-likeness (QED) is 0.749. The molecule has 0 saturated carbocycles. The highest BCUT2D eigenvalue weighted by atomic mass is 32.1. The van der Waals surface area contributed by atoms with Crippen molar-refractivity contribution < 1.29 is 4.42 Å². The van der Waals surface area contributed by atoms with E-state index in [2.05, 4.69) is 44.3 Å². The van der Waals surface area contributed by atoms with E-state index in [1.54, 1.807) is 11.3 Å². The monoisotopic (exact) mass is 304 g/mol. The number of rotatable bonds is 3. The third-order valence-electron chi connectivity index (χ3n) is 2.79. The van der Waals surface area contributed by atoms with E-state index in [9.17, 15) is 0 Å². The Balaban J connectivity index is 1.91. The molecule has 0 radical (unpaired) electrons. The largest absolute Gasteiger partial charge is 0.408 e. The maximum Gasteiger partial charge on any atom is 0.284 e. The van der Waals surface area contributed by atoms with Crippen LogP contribution >= 0.6 is 23.6 Å². The molecule has 0 amide bonds. The van der Waals surface area contributed by atoms with E-state index in [4.69, 9.17) is 16.6 Å². The number of anilines is 1. The van der Waals surface area contributed by atoms with Crippen LogP contribution in [0.15, 0.2) is 34.1 Å². The Morgan fingerprint density at radius 1 is 1.25 bits per heavy atom. The standard InChI is InChI=1S/C13H12N4OS2/c1-17(2)9-5-3-8(4-6-9)12-14-10(7-20-12)11-15-16-13(19)18-11/h3-7H,1-2H3,(H,16,19). The summed E-state index contributed by atoms with van der Waals surface area (Å²) in [5, 5.41) is 9.40. The molecular formula is C13H12N4OS2. The van der Waals surface area contributed by atoms with Crippen molar-refractivity contribution in [3.8, 4) is 22.2 Å². The van der Waals surface area contributed by atoms with E-state index < -0.39 is 0 Å². The van der Waals surface area contributed by atoms with Crippen LogP contribution in [0.3, 0.4) is 0 Å². The van der Waals surface area contributed by atoms with Crippen LogP contribution in [0.4, 0.5) is 5.69 Å². The van der Waals surface area contributed by atoms with Gasteiger partial charge in [-0.25, -0.2) is 10.1 Å². The Hall–Kier alpha value is -1.99. The summed E-state index contributed by atoms with van der Waals surface area (Å²) in [6, 6.07) is 8.24. The highest BCUT2D eigenvalue weighted by Crippen LogP contribution is 2.29. The van der Waals surface area contributed by atoms with Crippen molar-refractivity contribution in [3.63, 3.8) is 0 Å². The van der Waals surface area contributed by atoms with E-state index in [0.29, 0.717) is 11.6 Å². The van der Waals surface area contributed by atoms with Gasteiger partial charge in [-0.3, -0.25) is 0 Å². The second-order valence-corrected chi connectivity index (χ2v) is 5.63. The number of aromatic nitrogens is 3. The first-order chi connectivity index (χ1) is 9.63. The molecule has 0 bridgehead atoms. The second kappa shape index (κ2) is 5.18. The van der Waals surface area contributed by atoms with Crippen LogP contribution in [-0.2, 0) is 0 Å². The van der Waals surface area contributed by atoms with Gasteiger partial charge in [0, 0.05) is 30.7 Å². The molecule has 5 nitrogen and oxygen atoms in total. The molecule has 0 aliphatic carbocycles. The second-order valence-electron chi connectivity index (χ2n) is 4.40. The van der Waals surface area contributed by atoms with Crippen LogP contribution in [0.5, 0.6) is 0 Å². The van der Waals surface area contributed by atoms with Gasteiger partial charge in [-0.2, -0.15) is 0 Å². The van der Waals surface area contributed by atoms with Crippen molar-refractivity contribution >= 4 is 29.2 Å². The lowest BCUT2D eigenvalue weighted by Crippen LogP contribution is -2.07. The lowest BCUT2D eigenvalue weighted by atomic mass is 10.2. The number of benzene rings is 1. The minimum absolute atomic E-state index is 0.255. The lowest BCUT2D eigenvalue weighted by molar-refractivity contribution is 0.550. The zero-order valence-corrected chi connectivity index (χ0v) is 12.6. The molecule has 1 N–H and O–H groups in total. The summed E-state index contributed by atoms with van der Waals surface area (Å²) in [6.07, 6.45) is 0. The van der Waals surface area contributed by atoms with Gasteiger partial charge < -0.3 is 9.32 Å². The van der Waals surface area contributed by atoms with Crippen molar-refractivity contribution in [2.75, 3.05) is 19.0 Å². The van der Waals surface area contributed by atoms with Crippen molar-refractivity contribution in [2.45, 2.75) is 0 Å².